The largest absolute Gasteiger partial charge is 0.347 e. The van der Waals surface area contributed by atoms with Crippen molar-refractivity contribution in [3.63, 3.8) is 0 Å². The van der Waals surface area contributed by atoms with Crippen LogP contribution in [0.15, 0.2) is 29.2 Å². The van der Waals surface area contributed by atoms with Crippen LogP contribution in [0.25, 0.3) is 0 Å². The maximum Gasteiger partial charge on any atom is 0.309 e. The fourth-order valence-electron chi connectivity index (χ4n) is 2.34. The Labute approximate surface area is 141 Å². The molecule has 1 aromatic rings. The first-order chi connectivity index (χ1) is 10.5. The maximum atomic E-state index is 11.9. The van der Waals surface area contributed by atoms with Crippen LogP contribution >= 0.6 is 23.5 Å². The third-order valence-electron chi connectivity index (χ3n) is 3.55. The summed E-state index contributed by atoms with van der Waals surface area (Å²) in [6.07, 6.45) is 6.97. The van der Waals surface area contributed by atoms with Crippen molar-refractivity contribution in [2.45, 2.75) is 53.9 Å². The van der Waals surface area contributed by atoms with Crippen LogP contribution in [0.4, 0.5) is 5.69 Å². The molecule has 0 spiro atoms. The van der Waals surface area contributed by atoms with Gasteiger partial charge in [-0.15, -0.1) is 11.8 Å². The smallest absolute Gasteiger partial charge is 0.309 e. The molecule has 0 radical (unpaired) electrons. The Hall–Kier alpha value is -0.370. The van der Waals surface area contributed by atoms with Gasteiger partial charge in [0.25, 0.3) is 3.54 Å². The highest BCUT2D eigenvalue weighted by Crippen LogP contribution is 2.53. The maximum absolute atomic E-state index is 11.9. The fraction of sp³-hybridized carbons (Fsp3) is 0.600. The number of hydrogen-bond donors (Lipinski definition) is 2. The van der Waals surface area contributed by atoms with Crippen LogP contribution in [0.3, 0.4) is 0 Å². The summed E-state index contributed by atoms with van der Waals surface area (Å²) in [6, 6.07) is 7.42. The van der Waals surface area contributed by atoms with Crippen molar-refractivity contribution in [1.29, 1.82) is 0 Å². The van der Waals surface area contributed by atoms with E-state index in [0.717, 1.165) is 23.4 Å². The lowest BCUT2D eigenvalue weighted by Crippen LogP contribution is -2.36. The third kappa shape index (κ3) is 4.34. The molecule has 0 aromatic heterocycles. The summed E-state index contributed by atoms with van der Waals surface area (Å²) in [4.78, 5) is 0.857. The number of hydrogen-bond acceptors (Lipinski definition) is 5. The average molecular weight is 362 g/mol. The lowest BCUT2D eigenvalue weighted by Gasteiger charge is -2.24. The Balaban J connectivity index is 1.90. The molecule has 1 aromatic carbocycles. The molecule has 4 nitrogen and oxygen atoms in total. The predicted molar refractivity (Wildman–Crippen MR) is 96.0 cm³/mol. The van der Waals surface area contributed by atoms with Crippen molar-refractivity contribution < 1.29 is 13.0 Å². The van der Waals surface area contributed by atoms with E-state index in [1.165, 1.54) is 49.2 Å². The molecule has 0 saturated carbocycles. The van der Waals surface area contributed by atoms with Crippen LogP contribution in [0, 0.1) is 0 Å². The Morgan fingerprint density at radius 2 is 1.86 bits per heavy atom. The molecule has 1 unspecified atom stereocenters. The minimum atomic E-state index is -4.22. The van der Waals surface area contributed by atoms with Gasteiger partial charge in [-0.3, -0.25) is 4.55 Å². The molecule has 0 fully saturated rings. The molecule has 1 aliphatic rings. The van der Waals surface area contributed by atoms with E-state index in [4.69, 9.17) is 0 Å². The van der Waals surface area contributed by atoms with Crippen LogP contribution in [-0.2, 0) is 10.1 Å². The van der Waals surface area contributed by atoms with Gasteiger partial charge >= 0.3 is 10.1 Å². The number of anilines is 1. The summed E-state index contributed by atoms with van der Waals surface area (Å²) < 4.78 is 32.0. The van der Waals surface area contributed by atoms with Crippen LogP contribution in [-0.4, -0.2) is 22.3 Å². The summed E-state index contributed by atoms with van der Waals surface area (Å²) >= 11 is 2.45. The van der Waals surface area contributed by atoms with Gasteiger partial charge < -0.3 is 5.32 Å². The van der Waals surface area contributed by atoms with E-state index in [-0.39, 0.29) is 0 Å². The number of nitrogens with one attached hydrogen (secondary N) is 1. The van der Waals surface area contributed by atoms with Crippen molar-refractivity contribution in [2.75, 3.05) is 11.1 Å². The lowest BCUT2D eigenvalue weighted by molar-refractivity contribution is 0.480. The summed E-state index contributed by atoms with van der Waals surface area (Å²) in [5.74, 6) is 0.708. The highest BCUT2D eigenvalue weighted by molar-refractivity contribution is 8.30. The summed E-state index contributed by atoms with van der Waals surface area (Å²) in [5.41, 5.74) is 0.764. The van der Waals surface area contributed by atoms with Gasteiger partial charge in [0.1, 0.15) is 0 Å². The minimum Gasteiger partial charge on any atom is -0.347 e. The molecule has 1 aliphatic heterocycles. The van der Waals surface area contributed by atoms with E-state index in [1.807, 2.05) is 24.3 Å². The zero-order valence-electron chi connectivity index (χ0n) is 12.7. The zero-order chi connectivity index (χ0) is 16.1. The van der Waals surface area contributed by atoms with E-state index >= 15 is 0 Å². The normalized spacial score (nSPS) is 20.6. The molecule has 7 heteroatoms. The van der Waals surface area contributed by atoms with Gasteiger partial charge in [-0.05, 0) is 24.3 Å². The second-order valence-electron chi connectivity index (χ2n) is 5.37. The van der Waals surface area contributed by atoms with Crippen LogP contribution in [0.1, 0.15) is 45.4 Å². The Morgan fingerprint density at radius 3 is 2.55 bits per heavy atom. The molecule has 1 heterocycles. The molecule has 124 valence electrons. The highest BCUT2D eigenvalue weighted by Gasteiger charge is 2.49. The van der Waals surface area contributed by atoms with Gasteiger partial charge in [0.15, 0.2) is 0 Å². The molecule has 2 N–H and O–H groups in total. The molecule has 0 amide bonds. The van der Waals surface area contributed by atoms with E-state index in [2.05, 4.69) is 12.2 Å². The summed E-state index contributed by atoms with van der Waals surface area (Å²) in [7, 11) is -4.22. The second-order valence-corrected chi connectivity index (χ2v) is 10.3. The molecule has 0 aliphatic carbocycles. The number of fused-ring (bicyclic) bond motifs is 1. The average Bonchev–Trinajstić information content (AvgIpc) is 2.86. The molecule has 22 heavy (non-hydrogen) atoms. The molecular formula is C15H23NO3S3. The number of para-hydroxylation sites is 1. The Morgan fingerprint density at radius 1 is 1.18 bits per heavy atom. The van der Waals surface area contributed by atoms with E-state index in [9.17, 15) is 13.0 Å². The molecular weight excluding hydrogens is 338 g/mol. The van der Waals surface area contributed by atoms with Crippen molar-refractivity contribution in [1.82, 2.24) is 0 Å². The van der Waals surface area contributed by atoms with Gasteiger partial charge in [-0.25, -0.2) is 0 Å². The number of benzene rings is 1. The predicted octanol–water partition coefficient (Wildman–Crippen LogP) is 4.80. The first-order valence-electron chi connectivity index (χ1n) is 7.66. The topological polar surface area (TPSA) is 66.4 Å². The van der Waals surface area contributed by atoms with E-state index < -0.39 is 13.7 Å². The zero-order valence-corrected chi connectivity index (χ0v) is 15.2. The van der Waals surface area contributed by atoms with Crippen LogP contribution in [0.2, 0.25) is 0 Å². The Bertz CT molecular complexity index is 564. The van der Waals surface area contributed by atoms with Crippen molar-refractivity contribution in [2.24, 2.45) is 0 Å². The van der Waals surface area contributed by atoms with Crippen molar-refractivity contribution >= 4 is 39.3 Å². The van der Waals surface area contributed by atoms with Crippen molar-refractivity contribution in [3.05, 3.63) is 24.3 Å². The molecule has 0 bridgehead atoms. The van der Waals surface area contributed by atoms with Crippen LogP contribution in [0.5, 0.6) is 0 Å². The quantitative estimate of drug-likeness (QED) is 0.486. The van der Waals surface area contributed by atoms with E-state index in [1.54, 1.807) is 0 Å². The van der Waals surface area contributed by atoms with Gasteiger partial charge in [0.2, 0.25) is 0 Å². The molecule has 1 atom stereocenters. The molecule has 0 saturated heterocycles. The summed E-state index contributed by atoms with van der Waals surface area (Å²) in [6.45, 7) is 2.19. The standard InChI is InChI=1S/C15H23NO3S3/c1-2-3-4-5-6-9-12-20-15(22(17,18)19)16-13-10-7-8-11-14(13)21-15/h7-8,10-11,16H,2-6,9,12H2,1H3,(H,17,18,19). The highest BCUT2D eigenvalue weighted by atomic mass is 32.3. The van der Waals surface area contributed by atoms with Gasteiger partial charge in [-0.2, -0.15) is 8.42 Å². The minimum absolute atomic E-state index is 0.708. The van der Waals surface area contributed by atoms with Gasteiger partial charge in [0, 0.05) is 4.90 Å². The third-order valence-corrected chi connectivity index (χ3v) is 8.72. The Kier molecular flexibility index (Phi) is 6.49. The SMILES string of the molecule is CCCCCCCCSC1(S(=O)(=O)O)Nc2ccccc2S1. The van der Waals surface area contributed by atoms with Gasteiger partial charge in [0.05, 0.1) is 5.69 Å². The first-order valence-corrected chi connectivity index (χ1v) is 10.9. The van der Waals surface area contributed by atoms with Crippen molar-refractivity contribution in [3.8, 4) is 0 Å². The number of rotatable bonds is 9. The monoisotopic (exact) mass is 361 g/mol. The summed E-state index contributed by atoms with van der Waals surface area (Å²) in [5, 5.41) is 2.99. The van der Waals surface area contributed by atoms with Gasteiger partial charge in [-0.1, -0.05) is 62.9 Å². The lowest BCUT2D eigenvalue weighted by atomic mass is 10.1. The fourth-order valence-corrected chi connectivity index (χ4v) is 6.50. The first kappa shape index (κ1) is 18.0. The molecule has 2 rings (SSSR count). The van der Waals surface area contributed by atoms with E-state index in [0.29, 0.717) is 5.75 Å². The number of unbranched alkanes of at least 4 members (excludes halogenated alkanes) is 5. The second kappa shape index (κ2) is 7.95. The van der Waals surface area contributed by atoms with Crippen LogP contribution < -0.4 is 5.32 Å². The number of thioether (sulfide) groups is 2.